The largest absolute Gasteiger partial charge is 0.386 e. The maximum Gasteiger partial charge on any atom is 0.102 e. The number of rotatable bonds is 1. The Kier molecular flexibility index (Phi) is 2.59. The summed E-state index contributed by atoms with van der Waals surface area (Å²) in [5.41, 5.74) is 3.72. The lowest BCUT2D eigenvalue weighted by Crippen LogP contribution is -2.42. The minimum atomic E-state index is -0.877. The first kappa shape index (κ1) is 12.5. The first-order valence-corrected chi connectivity index (χ1v) is 7.14. The van der Waals surface area contributed by atoms with Crippen LogP contribution in [-0.4, -0.2) is 32.2 Å². The molecule has 106 valence electrons. The van der Waals surface area contributed by atoms with Crippen molar-refractivity contribution in [3.05, 3.63) is 42.4 Å². The van der Waals surface area contributed by atoms with Crippen molar-refractivity contribution in [2.24, 2.45) is 5.92 Å². The van der Waals surface area contributed by atoms with Gasteiger partial charge in [-0.2, -0.15) is 0 Å². The van der Waals surface area contributed by atoms with Gasteiger partial charge in [0.05, 0.1) is 35.7 Å². The van der Waals surface area contributed by atoms with Gasteiger partial charge >= 0.3 is 0 Å². The highest BCUT2D eigenvalue weighted by Gasteiger charge is 2.41. The fraction of sp³-hybridized carbons (Fsp3) is 0.312. The monoisotopic (exact) mass is 280 g/mol. The second kappa shape index (κ2) is 4.36. The first-order chi connectivity index (χ1) is 10.2. The number of hydrogen-bond donors (Lipinski definition) is 3. The maximum atomic E-state index is 10.5. The molecule has 1 aliphatic heterocycles. The summed E-state index contributed by atoms with van der Waals surface area (Å²) in [5.74, 6) is -0.0804. The van der Waals surface area contributed by atoms with Gasteiger partial charge in [0.1, 0.15) is 6.10 Å². The van der Waals surface area contributed by atoms with Gasteiger partial charge in [-0.3, -0.25) is 0 Å². The van der Waals surface area contributed by atoms with E-state index < -0.39 is 6.10 Å². The molecule has 1 aliphatic carbocycles. The lowest BCUT2D eigenvalue weighted by Gasteiger charge is -2.34. The van der Waals surface area contributed by atoms with Crippen LogP contribution in [0.2, 0.25) is 0 Å². The summed E-state index contributed by atoms with van der Waals surface area (Å²) >= 11 is 0. The molecule has 1 fully saturated rings. The third-order valence-electron chi connectivity index (χ3n) is 4.68. The van der Waals surface area contributed by atoms with Crippen molar-refractivity contribution >= 4 is 11.4 Å². The van der Waals surface area contributed by atoms with Crippen molar-refractivity contribution in [3.63, 3.8) is 0 Å². The molecule has 3 unspecified atom stereocenters. The number of fused-ring (bicyclic) bond motifs is 3. The average molecular weight is 280 g/mol. The van der Waals surface area contributed by atoms with Crippen molar-refractivity contribution in [1.82, 2.24) is 9.55 Å². The third kappa shape index (κ3) is 1.64. The van der Waals surface area contributed by atoms with Gasteiger partial charge in [0, 0.05) is 11.5 Å². The van der Waals surface area contributed by atoms with Crippen LogP contribution in [0.5, 0.6) is 0 Å². The van der Waals surface area contributed by atoms with Gasteiger partial charge < -0.3 is 20.5 Å². The Bertz CT molecular complexity index is 748. The molecule has 5 heteroatoms. The van der Waals surface area contributed by atoms with E-state index in [9.17, 15) is 5.11 Å². The number of aliphatic hydroxyl groups excluding tert-OH is 1. The van der Waals surface area contributed by atoms with E-state index in [-0.39, 0.29) is 23.4 Å². The quantitative estimate of drug-likeness (QED) is 0.748. The summed E-state index contributed by atoms with van der Waals surface area (Å²) < 4.78 is 2.10. The van der Waals surface area contributed by atoms with Crippen molar-refractivity contribution in [2.45, 2.75) is 25.0 Å². The molecule has 0 bridgehead atoms. The van der Waals surface area contributed by atoms with E-state index >= 15 is 0 Å². The maximum absolute atomic E-state index is 10.5. The Morgan fingerprint density at radius 1 is 1.24 bits per heavy atom. The normalized spacial score (nSPS) is 27.6. The molecule has 1 aromatic carbocycles. The van der Waals surface area contributed by atoms with Crippen molar-refractivity contribution in [1.29, 1.82) is 10.8 Å². The Hall–Kier alpha value is -2.27. The lowest BCUT2D eigenvalue weighted by atomic mass is 9.77. The lowest BCUT2D eigenvalue weighted by molar-refractivity contribution is 0.134. The molecule has 1 saturated carbocycles. The van der Waals surface area contributed by atoms with E-state index in [1.165, 1.54) is 5.56 Å². The zero-order valence-corrected chi connectivity index (χ0v) is 11.5. The molecular weight excluding hydrogens is 264 g/mol. The van der Waals surface area contributed by atoms with E-state index in [4.69, 9.17) is 10.8 Å². The molecule has 3 atom stereocenters. The summed E-state index contributed by atoms with van der Waals surface area (Å²) in [6.45, 7) is 0. The highest BCUT2D eigenvalue weighted by atomic mass is 16.3. The van der Waals surface area contributed by atoms with Gasteiger partial charge in [-0.15, -0.1) is 0 Å². The number of nitrogens with zero attached hydrogens (tertiary/aromatic N) is 2. The van der Waals surface area contributed by atoms with Crippen LogP contribution in [0, 0.1) is 16.7 Å². The number of aromatic nitrogens is 2. The van der Waals surface area contributed by atoms with Crippen molar-refractivity contribution in [3.8, 4) is 11.3 Å². The van der Waals surface area contributed by atoms with Crippen LogP contribution in [-0.2, 0) is 0 Å². The van der Waals surface area contributed by atoms with E-state index in [1.807, 2.05) is 18.3 Å². The molecule has 5 nitrogen and oxygen atoms in total. The zero-order valence-electron chi connectivity index (χ0n) is 11.5. The Morgan fingerprint density at radius 2 is 2.05 bits per heavy atom. The highest BCUT2D eigenvalue weighted by molar-refractivity contribution is 6.42. The fourth-order valence-corrected chi connectivity index (χ4v) is 3.64. The summed E-state index contributed by atoms with van der Waals surface area (Å²) in [7, 11) is 0. The predicted octanol–water partition coefficient (Wildman–Crippen LogP) is 2.26. The summed E-state index contributed by atoms with van der Waals surface area (Å²) in [6, 6.07) is 8.18. The van der Waals surface area contributed by atoms with Crippen LogP contribution in [0.15, 0.2) is 36.8 Å². The third-order valence-corrected chi connectivity index (χ3v) is 4.68. The number of imidazole rings is 1. The fourth-order valence-electron chi connectivity index (χ4n) is 3.64. The van der Waals surface area contributed by atoms with Crippen LogP contribution in [0.4, 0.5) is 0 Å². The number of nitrogens with one attached hydrogen (secondary N) is 2. The minimum absolute atomic E-state index is 0.00199. The Morgan fingerprint density at radius 3 is 2.90 bits per heavy atom. The van der Waals surface area contributed by atoms with Crippen molar-refractivity contribution in [2.75, 3.05) is 0 Å². The average Bonchev–Trinajstić information content (AvgIpc) is 3.07. The second-order valence-corrected chi connectivity index (χ2v) is 5.76. The molecule has 0 amide bonds. The first-order valence-electron chi connectivity index (χ1n) is 7.14. The van der Waals surface area contributed by atoms with Gasteiger partial charge in [-0.1, -0.05) is 24.3 Å². The molecule has 21 heavy (non-hydrogen) atoms. The van der Waals surface area contributed by atoms with E-state index in [0.717, 1.165) is 17.7 Å². The predicted molar refractivity (Wildman–Crippen MR) is 80.0 cm³/mol. The number of aliphatic hydroxyl groups is 1. The summed E-state index contributed by atoms with van der Waals surface area (Å²) in [6.07, 6.45) is 4.05. The topological polar surface area (TPSA) is 85.8 Å². The molecule has 2 aliphatic rings. The smallest absolute Gasteiger partial charge is 0.102 e. The van der Waals surface area contributed by atoms with Gasteiger partial charge in [0.2, 0.25) is 0 Å². The van der Waals surface area contributed by atoms with E-state index in [1.54, 1.807) is 6.33 Å². The molecule has 3 N–H and O–H groups in total. The number of benzene rings is 1. The molecule has 0 saturated heterocycles. The zero-order chi connectivity index (χ0) is 14.6. The van der Waals surface area contributed by atoms with Crippen LogP contribution in [0.25, 0.3) is 11.3 Å². The highest BCUT2D eigenvalue weighted by Crippen LogP contribution is 2.45. The Balaban J connectivity index is 1.83. The van der Waals surface area contributed by atoms with Crippen LogP contribution in [0.3, 0.4) is 0 Å². The number of hydrogen-bond acceptors (Lipinski definition) is 4. The van der Waals surface area contributed by atoms with Crippen LogP contribution >= 0.6 is 0 Å². The van der Waals surface area contributed by atoms with Gasteiger partial charge in [-0.05, 0) is 18.4 Å². The minimum Gasteiger partial charge on any atom is -0.386 e. The summed E-state index contributed by atoms with van der Waals surface area (Å²) in [4.78, 5) is 4.23. The van der Waals surface area contributed by atoms with Gasteiger partial charge in [0.25, 0.3) is 0 Å². The van der Waals surface area contributed by atoms with Crippen LogP contribution < -0.4 is 0 Å². The molecule has 0 radical (unpaired) electrons. The second-order valence-electron chi connectivity index (χ2n) is 5.76. The molecule has 2 aromatic rings. The van der Waals surface area contributed by atoms with Crippen molar-refractivity contribution < 1.29 is 5.11 Å². The van der Waals surface area contributed by atoms with E-state index in [0.29, 0.717) is 6.42 Å². The SMILES string of the molecule is N=C1CCC(C2c3ccccc3-c3cncn32)C(O)C1=N. The van der Waals surface area contributed by atoms with Gasteiger partial charge in [-0.25, -0.2) is 4.98 Å². The standard InChI is InChI=1S/C16H16N4O/c17-12-6-5-11(16(21)14(12)18)15-10-4-2-1-3-9(10)13-7-19-8-20(13)15/h1-4,7-8,11,15-18,21H,5-6H2. The summed E-state index contributed by atoms with van der Waals surface area (Å²) in [5, 5.41) is 26.1. The van der Waals surface area contributed by atoms with Gasteiger partial charge in [0.15, 0.2) is 0 Å². The molecule has 1 aromatic heterocycles. The molecule has 4 rings (SSSR count). The molecular formula is C16H16N4O. The van der Waals surface area contributed by atoms with Crippen LogP contribution in [0.1, 0.15) is 24.4 Å². The molecule has 2 heterocycles. The Labute approximate surface area is 122 Å². The molecule has 0 spiro atoms. The van der Waals surface area contributed by atoms with E-state index in [2.05, 4.69) is 21.7 Å².